The lowest BCUT2D eigenvalue weighted by atomic mass is 10.1. The van der Waals surface area contributed by atoms with E-state index < -0.39 is 5.97 Å². The average Bonchev–Trinajstić information content (AvgIpc) is 2.76. The van der Waals surface area contributed by atoms with E-state index in [1.165, 1.54) is 0 Å². The van der Waals surface area contributed by atoms with Crippen molar-refractivity contribution in [1.29, 1.82) is 0 Å². The van der Waals surface area contributed by atoms with Crippen LogP contribution in [0.2, 0.25) is 5.02 Å². The molecule has 0 aliphatic carbocycles. The number of carboxylic acids is 1. The van der Waals surface area contributed by atoms with Crippen LogP contribution >= 0.6 is 11.6 Å². The number of aromatic carboxylic acids is 1. The van der Waals surface area contributed by atoms with Crippen LogP contribution in [0.3, 0.4) is 0 Å². The molecular weight excluding hydrogens is 276 g/mol. The van der Waals surface area contributed by atoms with Crippen molar-refractivity contribution in [3.63, 3.8) is 0 Å². The van der Waals surface area contributed by atoms with Gasteiger partial charge < -0.3 is 9.67 Å². The standard InChI is InChI=1S/C15H11ClN2O2/c1-18-13-8-9(16)6-7-12(13)17-14(18)10-4-2-3-5-11(10)15(19)20/h2-8H,1H3,(H,19,20). The topological polar surface area (TPSA) is 55.1 Å². The summed E-state index contributed by atoms with van der Waals surface area (Å²) in [5.41, 5.74) is 2.48. The number of aryl methyl sites for hydroxylation is 1. The Bertz CT molecular complexity index is 824. The Labute approximate surface area is 120 Å². The predicted octanol–water partition coefficient (Wildman–Crippen LogP) is 3.59. The zero-order valence-electron chi connectivity index (χ0n) is 10.7. The largest absolute Gasteiger partial charge is 0.478 e. The first-order valence-electron chi connectivity index (χ1n) is 6.02. The third-order valence-electron chi connectivity index (χ3n) is 3.24. The van der Waals surface area contributed by atoms with Crippen molar-refractivity contribution in [3.8, 4) is 11.4 Å². The molecule has 0 bridgehead atoms. The molecule has 0 saturated carbocycles. The first-order valence-corrected chi connectivity index (χ1v) is 6.40. The van der Waals surface area contributed by atoms with E-state index in [1.54, 1.807) is 30.3 Å². The van der Waals surface area contributed by atoms with E-state index in [-0.39, 0.29) is 5.56 Å². The minimum Gasteiger partial charge on any atom is -0.478 e. The van der Waals surface area contributed by atoms with Crippen LogP contribution in [0.25, 0.3) is 22.4 Å². The number of benzene rings is 2. The summed E-state index contributed by atoms with van der Waals surface area (Å²) in [6.45, 7) is 0. The lowest BCUT2D eigenvalue weighted by molar-refractivity contribution is 0.0697. The van der Waals surface area contributed by atoms with Gasteiger partial charge in [0, 0.05) is 17.6 Å². The molecular formula is C15H11ClN2O2. The van der Waals surface area contributed by atoms with Crippen LogP contribution in [-0.2, 0) is 7.05 Å². The van der Waals surface area contributed by atoms with Crippen LogP contribution in [0.4, 0.5) is 0 Å². The maximum absolute atomic E-state index is 11.3. The number of halogens is 1. The van der Waals surface area contributed by atoms with Crippen molar-refractivity contribution in [3.05, 3.63) is 53.1 Å². The minimum absolute atomic E-state index is 0.233. The third-order valence-corrected chi connectivity index (χ3v) is 3.48. The van der Waals surface area contributed by atoms with Crippen molar-refractivity contribution in [2.75, 3.05) is 0 Å². The van der Waals surface area contributed by atoms with Crippen molar-refractivity contribution in [1.82, 2.24) is 9.55 Å². The van der Waals surface area contributed by atoms with E-state index in [4.69, 9.17) is 11.6 Å². The van der Waals surface area contributed by atoms with Gasteiger partial charge >= 0.3 is 5.97 Å². The number of hydrogen-bond donors (Lipinski definition) is 1. The van der Waals surface area contributed by atoms with Crippen LogP contribution in [0, 0.1) is 0 Å². The van der Waals surface area contributed by atoms with E-state index in [1.807, 2.05) is 23.7 Å². The van der Waals surface area contributed by atoms with Gasteiger partial charge in [-0.1, -0.05) is 29.8 Å². The molecule has 0 spiro atoms. The van der Waals surface area contributed by atoms with Crippen molar-refractivity contribution >= 4 is 28.6 Å². The van der Waals surface area contributed by atoms with Gasteiger partial charge in [0.25, 0.3) is 0 Å². The molecule has 0 atom stereocenters. The van der Waals surface area contributed by atoms with E-state index in [0.29, 0.717) is 16.4 Å². The Morgan fingerprint density at radius 1 is 1.25 bits per heavy atom. The second kappa shape index (κ2) is 4.65. The molecule has 100 valence electrons. The van der Waals surface area contributed by atoms with Gasteiger partial charge in [0.1, 0.15) is 5.82 Å². The summed E-state index contributed by atoms with van der Waals surface area (Å²) >= 11 is 5.99. The maximum atomic E-state index is 11.3. The highest BCUT2D eigenvalue weighted by Crippen LogP contribution is 2.27. The smallest absolute Gasteiger partial charge is 0.336 e. The lowest BCUT2D eigenvalue weighted by Gasteiger charge is -2.06. The number of fused-ring (bicyclic) bond motifs is 1. The number of imidazole rings is 1. The Morgan fingerprint density at radius 3 is 2.75 bits per heavy atom. The second-order valence-corrected chi connectivity index (χ2v) is 4.91. The second-order valence-electron chi connectivity index (χ2n) is 4.48. The summed E-state index contributed by atoms with van der Waals surface area (Å²) in [6.07, 6.45) is 0. The predicted molar refractivity (Wildman–Crippen MR) is 78.1 cm³/mol. The number of carbonyl (C=O) groups is 1. The van der Waals surface area contributed by atoms with E-state index in [0.717, 1.165) is 11.0 Å². The Hall–Kier alpha value is -2.33. The lowest BCUT2D eigenvalue weighted by Crippen LogP contribution is -2.02. The third kappa shape index (κ3) is 1.94. The average molecular weight is 287 g/mol. The summed E-state index contributed by atoms with van der Waals surface area (Å²) in [4.78, 5) is 15.8. The normalized spacial score (nSPS) is 10.9. The van der Waals surface area contributed by atoms with Gasteiger partial charge in [0.15, 0.2) is 0 Å². The quantitative estimate of drug-likeness (QED) is 0.783. The zero-order chi connectivity index (χ0) is 14.3. The van der Waals surface area contributed by atoms with Crippen LogP contribution in [0.15, 0.2) is 42.5 Å². The number of nitrogens with zero attached hydrogens (tertiary/aromatic N) is 2. The van der Waals surface area contributed by atoms with Gasteiger partial charge in [0.2, 0.25) is 0 Å². The van der Waals surface area contributed by atoms with Crippen molar-refractivity contribution in [2.24, 2.45) is 7.05 Å². The minimum atomic E-state index is -0.967. The van der Waals surface area contributed by atoms with Crippen LogP contribution in [-0.4, -0.2) is 20.6 Å². The molecule has 0 radical (unpaired) electrons. The molecule has 0 aliphatic rings. The van der Waals surface area contributed by atoms with Crippen molar-refractivity contribution < 1.29 is 9.90 Å². The molecule has 3 rings (SSSR count). The fraction of sp³-hybridized carbons (Fsp3) is 0.0667. The van der Waals surface area contributed by atoms with Crippen LogP contribution in [0.1, 0.15) is 10.4 Å². The molecule has 0 saturated heterocycles. The summed E-state index contributed by atoms with van der Waals surface area (Å²) < 4.78 is 1.85. The molecule has 3 aromatic rings. The number of rotatable bonds is 2. The highest BCUT2D eigenvalue weighted by Gasteiger charge is 2.16. The molecule has 0 amide bonds. The summed E-state index contributed by atoms with van der Waals surface area (Å²) in [6, 6.07) is 12.2. The highest BCUT2D eigenvalue weighted by molar-refractivity contribution is 6.31. The van der Waals surface area contributed by atoms with Gasteiger partial charge in [-0.25, -0.2) is 9.78 Å². The molecule has 0 fully saturated rings. The van der Waals surface area contributed by atoms with Crippen LogP contribution in [0.5, 0.6) is 0 Å². The van der Waals surface area contributed by atoms with E-state index in [9.17, 15) is 9.90 Å². The summed E-state index contributed by atoms with van der Waals surface area (Å²) in [7, 11) is 1.85. The van der Waals surface area contributed by atoms with Gasteiger partial charge in [-0.2, -0.15) is 0 Å². The summed E-state index contributed by atoms with van der Waals surface area (Å²) in [5.74, 6) is -0.356. The van der Waals surface area contributed by atoms with Gasteiger partial charge in [-0.3, -0.25) is 0 Å². The zero-order valence-corrected chi connectivity index (χ0v) is 11.4. The molecule has 5 heteroatoms. The molecule has 1 heterocycles. The molecule has 20 heavy (non-hydrogen) atoms. The molecule has 1 aromatic heterocycles. The Kier molecular flexibility index (Phi) is 2.95. The summed E-state index contributed by atoms with van der Waals surface area (Å²) in [5, 5.41) is 9.90. The Balaban J connectivity index is 2.30. The molecule has 1 N–H and O–H groups in total. The fourth-order valence-electron chi connectivity index (χ4n) is 2.27. The monoisotopic (exact) mass is 286 g/mol. The highest BCUT2D eigenvalue weighted by atomic mass is 35.5. The molecule has 2 aromatic carbocycles. The molecule has 0 aliphatic heterocycles. The van der Waals surface area contributed by atoms with E-state index in [2.05, 4.69) is 4.98 Å². The fourth-order valence-corrected chi connectivity index (χ4v) is 2.43. The van der Waals surface area contributed by atoms with Gasteiger partial charge in [-0.15, -0.1) is 0 Å². The number of hydrogen-bond acceptors (Lipinski definition) is 2. The van der Waals surface area contributed by atoms with Gasteiger partial charge in [-0.05, 0) is 24.3 Å². The maximum Gasteiger partial charge on any atom is 0.336 e. The van der Waals surface area contributed by atoms with E-state index >= 15 is 0 Å². The number of aromatic nitrogens is 2. The molecule has 4 nitrogen and oxygen atoms in total. The van der Waals surface area contributed by atoms with Crippen molar-refractivity contribution in [2.45, 2.75) is 0 Å². The number of carboxylic acid groups (broad SMARTS) is 1. The first kappa shape index (κ1) is 12.7. The van der Waals surface area contributed by atoms with Gasteiger partial charge in [0.05, 0.1) is 16.6 Å². The van der Waals surface area contributed by atoms with Crippen LogP contribution < -0.4 is 0 Å². The Morgan fingerprint density at radius 2 is 2.00 bits per heavy atom. The first-order chi connectivity index (χ1) is 9.58. The molecule has 0 unspecified atom stereocenters. The SMILES string of the molecule is Cn1c(-c2ccccc2C(=O)O)nc2ccc(Cl)cc21.